The van der Waals surface area contributed by atoms with Crippen LogP contribution in [0.2, 0.25) is 0 Å². The highest BCUT2D eigenvalue weighted by atomic mass is 19.4. The minimum atomic E-state index is -4.15. The predicted octanol–water partition coefficient (Wildman–Crippen LogP) is 2.29. The van der Waals surface area contributed by atoms with Gasteiger partial charge < -0.3 is 5.73 Å². The van der Waals surface area contributed by atoms with Crippen molar-refractivity contribution in [2.45, 2.75) is 19.0 Å². The third-order valence-electron chi connectivity index (χ3n) is 1.92. The number of halogens is 3. The molecule has 0 aliphatic heterocycles. The highest BCUT2D eigenvalue weighted by Gasteiger charge is 2.28. The fourth-order valence-electron chi connectivity index (χ4n) is 1.35. The van der Waals surface area contributed by atoms with Crippen molar-refractivity contribution in [2.75, 3.05) is 6.54 Å². The summed E-state index contributed by atoms with van der Waals surface area (Å²) in [4.78, 5) is 0. The lowest BCUT2D eigenvalue weighted by atomic mass is 10.0. The van der Waals surface area contributed by atoms with Crippen molar-refractivity contribution in [3.05, 3.63) is 35.4 Å². The molecule has 0 atom stereocenters. The zero-order chi connectivity index (χ0) is 10.6. The molecular weight excluding hydrogens is 191 g/mol. The van der Waals surface area contributed by atoms with Crippen LogP contribution in [0.4, 0.5) is 13.2 Å². The average Bonchev–Trinajstić information content (AvgIpc) is 2.06. The molecule has 78 valence electrons. The van der Waals surface area contributed by atoms with Gasteiger partial charge in [0.15, 0.2) is 0 Å². The number of hydrogen-bond donors (Lipinski definition) is 1. The largest absolute Gasteiger partial charge is 0.393 e. The van der Waals surface area contributed by atoms with Crippen LogP contribution in [0.1, 0.15) is 11.1 Å². The molecule has 2 N–H and O–H groups in total. The normalized spacial score (nSPS) is 11.7. The van der Waals surface area contributed by atoms with Crippen LogP contribution in [0, 0.1) is 0 Å². The average molecular weight is 203 g/mol. The quantitative estimate of drug-likeness (QED) is 0.801. The molecule has 0 heterocycles. The SMILES string of the molecule is NCCc1ccccc1CC(F)(F)F. The Morgan fingerprint density at radius 2 is 1.64 bits per heavy atom. The van der Waals surface area contributed by atoms with E-state index in [0.717, 1.165) is 0 Å². The predicted molar refractivity (Wildman–Crippen MR) is 49.0 cm³/mol. The molecule has 0 aliphatic rings. The van der Waals surface area contributed by atoms with E-state index >= 15 is 0 Å². The van der Waals surface area contributed by atoms with Gasteiger partial charge in [0.05, 0.1) is 6.42 Å². The highest BCUT2D eigenvalue weighted by molar-refractivity contribution is 5.28. The minimum Gasteiger partial charge on any atom is -0.330 e. The zero-order valence-corrected chi connectivity index (χ0v) is 7.64. The van der Waals surface area contributed by atoms with Crippen LogP contribution in [0.5, 0.6) is 0 Å². The fourth-order valence-corrected chi connectivity index (χ4v) is 1.35. The summed E-state index contributed by atoms with van der Waals surface area (Å²) in [5.41, 5.74) is 6.32. The van der Waals surface area contributed by atoms with Crippen LogP contribution in [0.3, 0.4) is 0 Å². The third-order valence-corrected chi connectivity index (χ3v) is 1.92. The molecule has 0 fully saturated rings. The Labute approximate surface area is 80.7 Å². The number of nitrogens with two attached hydrogens (primary N) is 1. The molecule has 0 radical (unpaired) electrons. The third kappa shape index (κ3) is 3.38. The maximum Gasteiger partial charge on any atom is 0.393 e. The maximum atomic E-state index is 12.1. The van der Waals surface area contributed by atoms with Crippen LogP contribution in [0.15, 0.2) is 24.3 Å². The molecule has 1 aromatic rings. The Morgan fingerprint density at radius 1 is 1.07 bits per heavy atom. The monoisotopic (exact) mass is 203 g/mol. The Kier molecular flexibility index (Phi) is 3.52. The van der Waals surface area contributed by atoms with Gasteiger partial charge in [0.1, 0.15) is 0 Å². The molecule has 4 heteroatoms. The number of rotatable bonds is 3. The summed E-state index contributed by atoms with van der Waals surface area (Å²) in [6, 6.07) is 6.53. The Morgan fingerprint density at radius 3 is 2.14 bits per heavy atom. The van der Waals surface area contributed by atoms with Gasteiger partial charge in [-0.2, -0.15) is 13.2 Å². The van der Waals surface area contributed by atoms with Crippen molar-refractivity contribution in [3.63, 3.8) is 0 Å². The number of alkyl halides is 3. The first-order valence-electron chi connectivity index (χ1n) is 4.36. The van der Waals surface area contributed by atoms with Gasteiger partial charge in [0.25, 0.3) is 0 Å². The summed E-state index contributed by atoms with van der Waals surface area (Å²) < 4.78 is 36.4. The van der Waals surface area contributed by atoms with Crippen LogP contribution < -0.4 is 5.73 Å². The van der Waals surface area contributed by atoms with E-state index in [1.54, 1.807) is 18.2 Å². The Hall–Kier alpha value is -1.03. The van der Waals surface area contributed by atoms with E-state index in [-0.39, 0.29) is 0 Å². The van der Waals surface area contributed by atoms with E-state index in [1.807, 2.05) is 0 Å². The van der Waals surface area contributed by atoms with E-state index in [4.69, 9.17) is 5.73 Å². The van der Waals surface area contributed by atoms with E-state index in [1.165, 1.54) is 6.07 Å². The van der Waals surface area contributed by atoms with E-state index in [2.05, 4.69) is 0 Å². The van der Waals surface area contributed by atoms with Gasteiger partial charge in [0, 0.05) is 0 Å². The lowest BCUT2D eigenvalue weighted by Gasteiger charge is -2.10. The van der Waals surface area contributed by atoms with Gasteiger partial charge in [-0.05, 0) is 24.1 Å². The molecule has 1 rings (SSSR count). The summed E-state index contributed by atoms with van der Waals surface area (Å²) in [6.07, 6.45) is -4.53. The fraction of sp³-hybridized carbons (Fsp3) is 0.400. The van der Waals surface area contributed by atoms with Crippen molar-refractivity contribution >= 4 is 0 Å². The van der Waals surface area contributed by atoms with Gasteiger partial charge >= 0.3 is 6.18 Å². The van der Waals surface area contributed by atoms with E-state index in [9.17, 15) is 13.2 Å². The van der Waals surface area contributed by atoms with Crippen LogP contribution in [-0.2, 0) is 12.8 Å². The molecule has 0 amide bonds. The molecule has 0 bridgehead atoms. The lowest BCUT2D eigenvalue weighted by molar-refractivity contribution is -0.127. The first-order valence-corrected chi connectivity index (χ1v) is 4.36. The summed E-state index contributed by atoms with van der Waals surface area (Å²) in [5, 5.41) is 0. The van der Waals surface area contributed by atoms with E-state index in [0.29, 0.717) is 24.1 Å². The van der Waals surface area contributed by atoms with Crippen LogP contribution in [0.25, 0.3) is 0 Å². The van der Waals surface area contributed by atoms with Crippen molar-refractivity contribution in [1.29, 1.82) is 0 Å². The summed E-state index contributed by atoms with van der Waals surface area (Å²) in [6.45, 7) is 0.370. The summed E-state index contributed by atoms with van der Waals surface area (Å²) in [5.74, 6) is 0. The second-order valence-corrected chi connectivity index (χ2v) is 3.10. The highest BCUT2D eigenvalue weighted by Crippen LogP contribution is 2.23. The molecule has 0 aromatic heterocycles. The zero-order valence-electron chi connectivity index (χ0n) is 7.64. The van der Waals surface area contributed by atoms with Gasteiger partial charge in [-0.25, -0.2) is 0 Å². The molecule has 0 unspecified atom stereocenters. The Bertz CT molecular complexity index is 294. The number of hydrogen-bond acceptors (Lipinski definition) is 1. The molecule has 1 aromatic carbocycles. The maximum absolute atomic E-state index is 12.1. The second kappa shape index (κ2) is 4.46. The van der Waals surface area contributed by atoms with Gasteiger partial charge in [0.2, 0.25) is 0 Å². The van der Waals surface area contributed by atoms with Gasteiger partial charge in [-0.1, -0.05) is 24.3 Å². The van der Waals surface area contributed by atoms with Crippen molar-refractivity contribution in [1.82, 2.24) is 0 Å². The molecule has 0 saturated carbocycles. The van der Waals surface area contributed by atoms with Crippen LogP contribution in [-0.4, -0.2) is 12.7 Å². The van der Waals surface area contributed by atoms with Crippen LogP contribution >= 0.6 is 0 Å². The van der Waals surface area contributed by atoms with Gasteiger partial charge in [-0.15, -0.1) is 0 Å². The lowest BCUT2D eigenvalue weighted by Crippen LogP contribution is -2.14. The first kappa shape index (κ1) is 11.0. The molecular formula is C10H12F3N. The molecule has 0 saturated heterocycles. The molecule has 1 nitrogen and oxygen atoms in total. The van der Waals surface area contributed by atoms with Crippen molar-refractivity contribution in [3.8, 4) is 0 Å². The number of benzene rings is 1. The van der Waals surface area contributed by atoms with Crippen molar-refractivity contribution in [2.24, 2.45) is 5.73 Å². The van der Waals surface area contributed by atoms with Crippen molar-refractivity contribution < 1.29 is 13.2 Å². The minimum absolute atomic E-state index is 0.324. The van der Waals surface area contributed by atoms with Gasteiger partial charge in [-0.3, -0.25) is 0 Å². The van der Waals surface area contributed by atoms with E-state index < -0.39 is 12.6 Å². The standard InChI is InChI=1S/C10H12F3N/c11-10(12,13)7-9-4-2-1-3-8(9)5-6-14/h1-4H,5-7,14H2. The topological polar surface area (TPSA) is 26.0 Å². The smallest absolute Gasteiger partial charge is 0.330 e. The molecule has 0 spiro atoms. The summed E-state index contributed by atoms with van der Waals surface area (Å²) >= 11 is 0. The molecule has 0 aliphatic carbocycles. The Balaban J connectivity index is 2.84. The molecule has 14 heavy (non-hydrogen) atoms. The summed E-state index contributed by atoms with van der Waals surface area (Å²) in [7, 11) is 0. The first-order chi connectivity index (χ1) is 6.53. The second-order valence-electron chi connectivity index (χ2n) is 3.10.